The van der Waals surface area contributed by atoms with E-state index in [0.717, 1.165) is 57.2 Å². The van der Waals surface area contributed by atoms with Crippen LogP contribution in [-0.2, 0) is 0 Å². The van der Waals surface area contributed by atoms with Crippen LogP contribution in [0.5, 0.6) is 0 Å². The van der Waals surface area contributed by atoms with E-state index < -0.39 is 0 Å². The van der Waals surface area contributed by atoms with Gasteiger partial charge in [0, 0.05) is 46.3 Å². The smallest absolute Gasteiger partial charge is 0.317 e. The van der Waals surface area contributed by atoms with E-state index in [1.165, 1.54) is 12.8 Å². The molecule has 2 fully saturated rings. The van der Waals surface area contributed by atoms with Gasteiger partial charge in [0.2, 0.25) is 0 Å². The van der Waals surface area contributed by atoms with Gasteiger partial charge in [-0.25, -0.2) is 4.79 Å². The van der Waals surface area contributed by atoms with Crippen LogP contribution in [0.1, 0.15) is 25.7 Å². The van der Waals surface area contributed by atoms with E-state index in [0.29, 0.717) is 16.1 Å². The zero-order chi connectivity index (χ0) is 19.4. The SMILES string of the molecule is CN(C)C(=O)NC1CC(CCCN2CCN(c3cccc(Cl)c3Cl)CC2)C1. The third-order valence-corrected chi connectivity index (χ3v) is 6.51. The van der Waals surface area contributed by atoms with Gasteiger partial charge in [-0.1, -0.05) is 29.3 Å². The number of carbonyl (C=O) groups is 1. The summed E-state index contributed by atoms with van der Waals surface area (Å²) in [6, 6.07) is 6.24. The summed E-state index contributed by atoms with van der Waals surface area (Å²) in [5, 5.41) is 4.35. The summed E-state index contributed by atoms with van der Waals surface area (Å²) in [6.45, 7) is 5.26. The van der Waals surface area contributed by atoms with Crippen LogP contribution in [0.2, 0.25) is 10.0 Å². The minimum absolute atomic E-state index is 0.0242. The van der Waals surface area contributed by atoms with Gasteiger partial charge in [0.25, 0.3) is 0 Å². The standard InChI is InChI=1S/C20H30Cl2N4O/c1-24(2)20(27)23-16-13-15(14-16)5-4-8-25-9-11-26(12-10-25)18-7-3-6-17(21)19(18)22/h3,6-7,15-16H,4-5,8-14H2,1-2H3,(H,23,27). The summed E-state index contributed by atoms with van der Waals surface area (Å²) < 4.78 is 0. The summed E-state index contributed by atoms with van der Waals surface area (Å²) in [4.78, 5) is 18.1. The van der Waals surface area contributed by atoms with Gasteiger partial charge >= 0.3 is 6.03 Å². The Morgan fingerprint density at radius 3 is 2.56 bits per heavy atom. The van der Waals surface area contributed by atoms with Gasteiger partial charge in [-0.15, -0.1) is 0 Å². The second-order valence-electron chi connectivity index (χ2n) is 7.92. The van der Waals surface area contributed by atoms with Gasteiger partial charge in [-0.2, -0.15) is 0 Å². The maximum absolute atomic E-state index is 11.6. The minimum atomic E-state index is 0.0242. The number of rotatable bonds is 6. The van der Waals surface area contributed by atoms with Crippen LogP contribution in [0.3, 0.4) is 0 Å². The molecule has 1 saturated carbocycles. The predicted molar refractivity (Wildman–Crippen MR) is 113 cm³/mol. The molecule has 2 amide bonds. The Kier molecular flexibility index (Phi) is 7.12. The van der Waals surface area contributed by atoms with E-state index in [2.05, 4.69) is 15.1 Å². The molecule has 1 N–H and O–H groups in total. The van der Waals surface area contributed by atoms with Crippen LogP contribution in [0, 0.1) is 5.92 Å². The Morgan fingerprint density at radius 1 is 1.19 bits per heavy atom. The monoisotopic (exact) mass is 412 g/mol. The molecular formula is C20H30Cl2N4O. The molecule has 1 saturated heterocycles. The highest BCUT2D eigenvalue weighted by Gasteiger charge is 2.30. The summed E-state index contributed by atoms with van der Waals surface area (Å²) >= 11 is 12.5. The molecule has 0 aromatic heterocycles. The molecule has 0 radical (unpaired) electrons. The molecule has 27 heavy (non-hydrogen) atoms. The molecule has 0 unspecified atom stereocenters. The summed E-state index contributed by atoms with van der Waals surface area (Å²) in [5.74, 6) is 0.768. The first-order chi connectivity index (χ1) is 12.9. The van der Waals surface area contributed by atoms with E-state index in [4.69, 9.17) is 23.2 Å². The van der Waals surface area contributed by atoms with Gasteiger partial charge in [0.15, 0.2) is 0 Å². The largest absolute Gasteiger partial charge is 0.368 e. The first-order valence-corrected chi connectivity index (χ1v) is 10.6. The number of piperazine rings is 1. The molecule has 0 atom stereocenters. The molecule has 0 bridgehead atoms. The molecule has 0 spiro atoms. The molecule has 7 heteroatoms. The number of halogens is 2. The zero-order valence-corrected chi connectivity index (χ0v) is 17.8. The lowest BCUT2D eigenvalue weighted by Gasteiger charge is -2.38. The number of hydrogen-bond acceptors (Lipinski definition) is 3. The second kappa shape index (κ2) is 9.35. The van der Waals surface area contributed by atoms with Crippen LogP contribution in [0.4, 0.5) is 10.5 Å². The van der Waals surface area contributed by atoms with E-state index in [-0.39, 0.29) is 6.03 Å². The molecule has 1 heterocycles. The van der Waals surface area contributed by atoms with E-state index in [1.807, 2.05) is 18.2 Å². The molecule has 1 aliphatic carbocycles. The van der Waals surface area contributed by atoms with Crippen LogP contribution < -0.4 is 10.2 Å². The number of urea groups is 1. The fourth-order valence-corrected chi connectivity index (χ4v) is 4.36. The highest BCUT2D eigenvalue weighted by molar-refractivity contribution is 6.43. The summed E-state index contributed by atoms with van der Waals surface area (Å²) in [6.07, 6.45) is 4.74. The fraction of sp³-hybridized carbons (Fsp3) is 0.650. The number of nitrogens with one attached hydrogen (secondary N) is 1. The fourth-order valence-electron chi connectivity index (χ4n) is 3.95. The second-order valence-corrected chi connectivity index (χ2v) is 8.71. The van der Waals surface area contributed by atoms with Gasteiger partial charge < -0.3 is 15.1 Å². The third kappa shape index (κ3) is 5.43. The Morgan fingerprint density at radius 2 is 1.89 bits per heavy atom. The van der Waals surface area contributed by atoms with Gasteiger partial charge in [0.05, 0.1) is 15.7 Å². The topological polar surface area (TPSA) is 38.8 Å². The minimum Gasteiger partial charge on any atom is -0.368 e. The number of hydrogen-bond donors (Lipinski definition) is 1. The average Bonchev–Trinajstić information content (AvgIpc) is 2.62. The van der Waals surface area contributed by atoms with Crippen molar-refractivity contribution in [1.29, 1.82) is 0 Å². The molecule has 150 valence electrons. The van der Waals surface area contributed by atoms with Gasteiger partial charge in [-0.3, -0.25) is 4.90 Å². The summed E-state index contributed by atoms with van der Waals surface area (Å²) in [7, 11) is 3.57. The molecule has 2 aliphatic rings. The van der Waals surface area contributed by atoms with Crippen LogP contribution in [0.15, 0.2) is 18.2 Å². The van der Waals surface area contributed by atoms with E-state index in [1.54, 1.807) is 19.0 Å². The first-order valence-electron chi connectivity index (χ1n) is 9.83. The van der Waals surface area contributed by atoms with Crippen molar-refractivity contribution in [2.24, 2.45) is 5.92 Å². The molecule has 1 aliphatic heterocycles. The van der Waals surface area contributed by atoms with Crippen molar-refractivity contribution in [3.8, 4) is 0 Å². The number of nitrogens with zero attached hydrogens (tertiary/aromatic N) is 3. The average molecular weight is 413 g/mol. The van der Waals surface area contributed by atoms with Crippen LogP contribution in [-0.4, -0.2) is 68.7 Å². The number of carbonyl (C=O) groups excluding carboxylic acids is 1. The van der Waals surface area contributed by atoms with Crippen LogP contribution in [0.25, 0.3) is 0 Å². The molecule has 5 nitrogen and oxygen atoms in total. The quantitative estimate of drug-likeness (QED) is 0.768. The Labute approximate surface area is 172 Å². The molecule has 1 aromatic carbocycles. The number of benzene rings is 1. The van der Waals surface area contributed by atoms with Crippen molar-refractivity contribution in [3.63, 3.8) is 0 Å². The predicted octanol–water partition coefficient (Wildman–Crippen LogP) is 3.95. The lowest BCUT2D eigenvalue weighted by Crippen LogP contribution is -2.48. The van der Waals surface area contributed by atoms with E-state index >= 15 is 0 Å². The van der Waals surface area contributed by atoms with Crippen molar-refractivity contribution in [2.75, 3.05) is 51.7 Å². The molecular weight excluding hydrogens is 383 g/mol. The Bertz CT molecular complexity index is 641. The molecule has 1 aromatic rings. The lowest BCUT2D eigenvalue weighted by atomic mass is 9.77. The van der Waals surface area contributed by atoms with Crippen molar-refractivity contribution >= 4 is 34.9 Å². The lowest BCUT2D eigenvalue weighted by molar-refractivity contribution is 0.172. The maximum Gasteiger partial charge on any atom is 0.317 e. The normalized spacial score (nSPS) is 23.0. The maximum atomic E-state index is 11.6. The highest BCUT2D eigenvalue weighted by atomic mass is 35.5. The van der Waals surface area contributed by atoms with Crippen LogP contribution >= 0.6 is 23.2 Å². The van der Waals surface area contributed by atoms with Crippen molar-refractivity contribution in [2.45, 2.75) is 31.7 Å². The first kappa shape index (κ1) is 20.6. The number of amides is 2. The zero-order valence-electron chi connectivity index (χ0n) is 16.3. The van der Waals surface area contributed by atoms with E-state index in [9.17, 15) is 4.79 Å². The Hall–Kier alpha value is -1.17. The third-order valence-electron chi connectivity index (χ3n) is 5.70. The van der Waals surface area contributed by atoms with Crippen molar-refractivity contribution < 1.29 is 4.79 Å². The number of anilines is 1. The Balaban J connectivity index is 1.31. The summed E-state index contributed by atoms with van der Waals surface area (Å²) in [5.41, 5.74) is 1.05. The van der Waals surface area contributed by atoms with Crippen molar-refractivity contribution in [1.82, 2.24) is 15.1 Å². The molecule has 3 rings (SSSR count). The highest BCUT2D eigenvalue weighted by Crippen LogP contribution is 2.33. The van der Waals surface area contributed by atoms with Gasteiger partial charge in [0.1, 0.15) is 0 Å². The van der Waals surface area contributed by atoms with Gasteiger partial charge in [-0.05, 0) is 50.3 Å². The van der Waals surface area contributed by atoms with Crippen molar-refractivity contribution in [3.05, 3.63) is 28.2 Å².